The molecule has 8 heteroatoms. The Morgan fingerprint density at radius 1 is 1.03 bits per heavy atom. The molecule has 1 fully saturated rings. The largest absolute Gasteiger partial charge is 0.494 e. The third-order valence-electron chi connectivity index (χ3n) is 6.89. The van der Waals surface area contributed by atoms with E-state index in [1.165, 1.54) is 18.4 Å². The van der Waals surface area contributed by atoms with E-state index in [0.29, 0.717) is 19.6 Å². The first-order valence-electron chi connectivity index (χ1n) is 12.7. The van der Waals surface area contributed by atoms with Crippen LogP contribution in [0.15, 0.2) is 48.5 Å². The molecule has 0 unspecified atom stereocenters. The van der Waals surface area contributed by atoms with Gasteiger partial charge in [-0.1, -0.05) is 43.2 Å². The molecule has 1 aliphatic heterocycles. The van der Waals surface area contributed by atoms with E-state index in [9.17, 15) is 4.79 Å². The number of fused-ring (bicyclic) bond motifs is 1. The summed E-state index contributed by atoms with van der Waals surface area (Å²) in [6.07, 6.45) is 8.53. The fraction of sp³-hybridized carbons (Fsp3) is 0.481. The van der Waals surface area contributed by atoms with Crippen molar-refractivity contribution in [2.75, 3.05) is 11.9 Å². The van der Waals surface area contributed by atoms with Crippen LogP contribution in [0.3, 0.4) is 0 Å². The maximum Gasteiger partial charge on any atom is 0.224 e. The monoisotopic (exact) mass is 475 g/mol. The lowest BCUT2D eigenvalue weighted by molar-refractivity contribution is -0.116. The highest BCUT2D eigenvalue weighted by Crippen LogP contribution is 2.32. The molecule has 2 aromatic carbocycles. The smallest absolute Gasteiger partial charge is 0.224 e. The number of aryl methyl sites for hydroxylation is 2. The van der Waals surface area contributed by atoms with Gasteiger partial charge in [0.25, 0.3) is 0 Å². The zero-order valence-corrected chi connectivity index (χ0v) is 20.1. The van der Waals surface area contributed by atoms with Crippen LogP contribution in [-0.4, -0.2) is 38.8 Å². The summed E-state index contributed by atoms with van der Waals surface area (Å²) in [5.41, 5.74) is 3.23. The first-order chi connectivity index (χ1) is 17.3. The molecule has 1 aromatic heterocycles. The first-order valence-corrected chi connectivity index (χ1v) is 12.7. The van der Waals surface area contributed by atoms with Gasteiger partial charge in [0.15, 0.2) is 5.82 Å². The zero-order valence-electron chi connectivity index (χ0n) is 20.1. The molecule has 2 heterocycles. The van der Waals surface area contributed by atoms with Gasteiger partial charge < -0.3 is 14.8 Å². The molecule has 1 aliphatic carbocycles. The number of benzene rings is 2. The lowest BCUT2D eigenvalue weighted by atomic mass is 9.92. The molecule has 0 bridgehead atoms. The molecule has 184 valence electrons. The summed E-state index contributed by atoms with van der Waals surface area (Å²) in [5.74, 6) is 1.86. The highest BCUT2D eigenvalue weighted by atomic mass is 16.5. The number of hydrogen-bond acceptors (Lipinski definition) is 6. The second-order valence-electron chi connectivity index (χ2n) is 9.40. The normalized spacial score (nSPS) is 19.7. The Morgan fingerprint density at radius 2 is 1.91 bits per heavy atom. The van der Waals surface area contributed by atoms with E-state index in [0.717, 1.165) is 61.3 Å². The topological polar surface area (TPSA) is 91.2 Å². The van der Waals surface area contributed by atoms with Crippen molar-refractivity contribution in [2.45, 2.75) is 76.5 Å². The standard InChI is InChI=1S/C27H33N5O3/c33-27-16-13-21-18-22(14-15-23(21)28-27)34-17-7-6-12-26-29-30-31-32(26)24-10-4-5-11-25(24)35-19-20-8-2-1-3-9-20/h1-3,8-9,14-15,18,24-25H,4-7,10-13,16-17,19H2,(H,28,33)/t24-,25-/m1/s1. The van der Waals surface area contributed by atoms with Crippen LogP contribution in [0.2, 0.25) is 0 Å². The predicted octanol–water partition coefficient (Wildman–Crippen LogP) is 4.66. The SMILES string of the molecule is O=C1CCc2cc(OCCCCc3nnnn3[C@@H]3CCCC[C@H]3OCc3ccccc3)ccc2N1. The summed E-state index contributed by atoms with van der Waals surface area (Å²) < 4.78 is 14.3. The number of anilines is 1. The average Bonchev–Trinajstić information content (AvgIpc) is 3.36. The highest BCUT2D eigenvalue weighted by Gasteiger charge is 2.30. The molecule has 0 saturated heterocycles. The van der Waals surface area contributed by atoms with Crippen LogP contribution in [-0.2, 0) is 29.0 Å². The quantitative estimate of drug-likeness (QED) is 0.429. The van der Waals surface area contributed by atoms with Gasteiger partial charge >= 0.3 is 0 Å². The number of nitrogens with one attached hydrogen (secondary N) is 1. The van der Waals surface area contributed by atoms with Crippen molar-refractivity contribution in [3.8, 4) is 5.75 Å². The summed E-state index contributed by atoms with van der Waals surface area (Å²) in [6.45, 7) is 1.25. The van der Waals surface area contributed by atoms with E-state index >= 15 is 0 Å². The Balaban J connectivity index is 1.10. The lowest BCUT2D eigenvalue weighted by Crippen LogP contribution is -2.32. The fourth-order valence-corrected chi connectivity index (χ4v) is 4.99. The third kappa shape index (κ3) is 6.06. The molecule has 35 heavy (non-hydrogen) atoms. The lowest BCUT2D eigenvalue weighted by Gasteiger charge is -2.31. The van der Waals surface area contributed by atoms with Gasteiger partial charge in [-0.15, -0.1) is 5.10 Å². The van der Waals surface area contributed by atoms with Crippen molar-refractivity contribution in [3.63, 3.8) is 0 Å². The number of carbonyl (C=O) groups excluding carboxylic acids is 1. The number of carbonyl (C=O) groups is 1. The minimum absolute atomic E-state index is 0.0795. The minimum Gasteiger partial charge on any atom is -0.494 e. The fourth-order valence-electron chi connectivity index (χ4n) is 4.99. The van der Waals surface area contributed by atoms with Gasteiger partial charge in [0.2, 0.25) is 5.91 Å². The third-order valence-corrected chi connectivity index (χ3v) is 6.89. The number of nitrogens with zero attached hydrogens (tertiary/aromatic N) is 4. The van der Waals surface area contributed by atoms with E-state index in [2.05, 4.69) is 33.0 Å². The highest BCUT2D eigenvalue weighted by molar-refractivity contribution is 5.93. The van der Waals surface area contributed by atoms with Crippen LogP contribution in [0, 0.1) is 0 Å². The zero-order chi connectivity index (χ0) is 23.9. The van der Waals surface area contributed by atoms with Gasteiger partial charge in [-0.25, -0.2) is 4.68 Å². The molecule has 3 aromatic rings. The Labute approximate surface area is 206 Å². The number of hydrogen-bond donors (Lipinski definition) is 1. The second-order valence-corrected chi connectivity index (χ2v) is 9.40. The minimum atomic E-state index is 0.0795. The second kappa shape index (κ2) is 11.4. The van der Waals surface area contributed by atoms with E-state index in [4.69, 9.17) is 9.47 Å². The van der Waals surface area contributed by atoms with Crippen LogP contribution >= 0.6 is 0 Å². The van der Waals surface area contributed by atoms with Crippen molar-refractivity contribution in [1.82, 2.24) is 20.2 Å². The van der Waals surface area contributed by atoms with Crippen LogP contribution < -0.4 is 10.1 Å². The van der Waals surface area contributed by atoms with Crippen LogP contribution in [0.1, 0.15) is 67.9 Å². The summed E-state index contributed by atoms with van der Waals surface area (Å²) in [5, 5.41) is 15.6. The van der Waals surface area contributed by atoms with Crippen molar-refractivity contribution < 1.29 is 14.3 Å². The van der Waals surface area contributed by atoms with Gasteiger partial charge in [-0.05, 0) is 71.9 Å². The summed E-state index contributed by atoms with van der Waals surface area (Å²) >= 11 is 0. The van der Waals surface area contributed by atoms with Crippen molar-refractivity contribution in [2.24, 2.45) is 0 Å². The molecule has 0 radical (unpaired) electrons. The molecule has 1 N–H and O–H groups in total. The number of ether oxygens (including phenoxy) is 2. The molecular weight excluding hydrogens is 442 g/mol. The number of rotatable bonds is 10. The van der Waals surface area contributed by atoms with E-state index in [-0.39, 0.29) is 18.1 Å². The van der Waals surface area contributed by atoms with Crippen molar-refractivity contribution >= 4 is 11.6 Å². The molecule has 2 aliphatic rings. The Bertz CT molecular complexity index is 1120. The van der Waals surface area contributed by atoms with Crippen molar-refractivity contribution in [3.05, 3.63) is 65.5 Å². The molecular formula is C27H33N5O3. The Hall–Kier alpha value is -3.26. The van der Waals surface area contributed by atoms with Crippen LogP contribution in [0.25, 0.3) is 0 Å². The maximum absolute atomic E-state index is 11.5. The number of aromatic nitrogens is 4. The van der Waals surface area contributed by atoms with E-state index in [1.807, 2.05) is 41.1 Å². The van der Waals surface area contributed by atoms with E-state index in [1.54, 1.807) is 0 Å². The predicted molar refractivity (Wildman–Crippen MR) is 132 cm³/mol. The summed E-state index contributed by atoms with van der Waals surface area (Å²) in [4.78, 5) is 11.5. The summed E-state index contributed by atoms with van der Waals surface area (Å²) in [6, 6.07) is 16.4. The number of unbranched alkanes of at least 4 members (excludes halogenated alkanes) is 1. The van der Waals surface area contributed by atoms with Gasteiger partial charge in [-0.3, -0.25) is 4.79 Å². The summed E-state index contributed by atoms with van der Waals surface area (Å²) in [7, 11) is 0. The van der Waals surface area contributed by atoms with Gasteiger partial charge in [0, 0.05) is 18.5 Å². The number of tetrazole rings is 1. The van der Waals surface area contributed by atoms with E-state index < -0.39 is 0 Å². The Kier molecular flexibility index (Phi) is 7.68. The Morgan fingerprint density at radius 3 is 2.83 bits per heavy atom. The molecule has 1 amide bonds. The first kappa shape index (κ1) is 23.5. The molecule has 1 saturated carbocycles. The molecule has 8 nitrogen and oxygen atoms in total. The molecule has 2 atom stereocenters. The van der Waals surface area contributed by atoms with Crippen LogP contribution in [0.5, 0.6) is 5.75 Å². The van der Waals surface area contributed by atoms with Crippen LogP contribution in [0.4, 0.5) is 5.69 Å². The van der Waals surface area contributed by atoms with Gasteiger partial charge in [0.05, 0.1) is 25.4 Å². The molecule has 0 spiro atoms. The van der Waals surface area contributed by atoms with Crippen molar-refractivity contribution in [1.29, 1.82) is 0 Å². The average molecular weight is 476 g/mol. The number of amides is 1. The van der Waals surface area contributed by atoms with Gasteiger partial charge in [0.1, 0.15) is 5.75 Å². The van der Waals surface area contributed by atoms with Gasteiger partial charge in [-0.2, -0.15) is 0 Å². The molecule has 5 rings (SSSR count). The maximum atomic E-state index is 11.5.